The lowest BCUT2D eigenvalue weighted by atomic mass is 10.1. The van der Waals surface area contributed by atoms with Gasteiger partial charge < -0.3 is 10.6 Å². The summed E-state index contributed by atoms with van der Waals surface area (Å²) >= 11 is 0. The summed E-state index contributed by atoms with van der Waals surface area (Å²) in [5.41, 5.74) is 2.80. The summed E-state index contributed by atoms with van der Waals surface area (Å²) in [6, 6.07) is 20.9. The van der Waals surface area contributed by atoms with E-state index in [1.165, 1.54) is 4.68 Å². The van der Waals surface area contributed by atoms with Crippen LogP contribution in [0.4, 0.5) is 11.5 Å². The highest BCUT2D eigenvalue weighted by Gasteiger charge is 2.15. The molecule has 0 spiro atoms. The van der Waals surface area contributed by atoms with Crippen molar-refractivity contribution in [1.29, 1.82) is 0 Å². The highest BCUT2D eigenvalue weighted by atomic mass is 16.2. The van der Waals surface area contributed by atoms with Crippen LogP contribution in [-0.2, 0) is 24.8 Å². The molecule has 0 aliphatic rings. The van der Waals surface area contributed by atoms with Gasteiger partial charge in [0.15, 0.2) is 5.69 Å². The molecule has 0 aliphatic heterocycles. The quantitative estimate of drug-likeness (QED) is 0.486. The number of amides is 2. The number of aromatic nitrogens is 4. The minimum Gasteiger partial charge on any atom is -0.318 e. The Kier molecular flexibility index (Phi) is 5.89. The van der Waals surface area contributed by atoms with Crippen molar-refractivity contribution >= 4 is 23.3 Å². The lowest BCUT2D eigenvalue weighted by Gasteiger charge is -2.04. The molecule has 8 heteroatoms. The molecule has 31 heavy (non-hydrogen) atoms. The van der Waals surface area contributed by atoms with E-state index in [1.807, 2.05) is 60.7 Å². The maximum Gasteiger partial charge on any atom is 0.276 e. The average Bonchev–Trinajstić information content (AvgIpc) is 3.36. The Bertz CT molecular complexity index is 1180. The number of benzene rings is 2. The Hall–Kier alpha value is -4.20. The van der Waals surface area contributed by atoms with Gasteiger partial charge in [0.25, 0.3) is 5.91 Å². The molecular weight excluding hydrogens is 392 g/mol. The molecule has 8 nitrogen and oxygen atoms in total. The van der Waals surface area contributed by atoms with Crippen molar-refractivity contribution < 1.29 is 9.59 Å². The number of hydrogen-bond acceptors (Lipinski definition) is 4. The predicted molar refractivity (Wildman–Crippen MR) is 118 cm³/mol. The van der Waals surface area contributed by atoms with Gasteiger partial charge in [0.05, 0.1) is 24.8 Å². The summed E-state index contributed by atoms with van der Waals surface area (Å²) in [6.07, 6.45) is 3.59. The minimum absolute atomic E-state index is 0.177. The first-order valence-electron chi connectivity index (χ1n) is 9.82. The number of nitrogens with zero attached hydrogens (tertiary/aromatic N) is 4. The third-order valence-corrected chi connectivity index (χ3v) is 4.67. The maximum atomic E-state index is 12.6. The van der Waals surface area contributed by atoms with Crippen LogP contribution in [0.1, 0.15) is 21.6 Å². The predicted octanol–water partition coefficient (Wildman–Crippen LogP) is 3.10. The molecule has 2 aromatic carbocycles. The molecule has 0 aliphatic carbocycles. The summed E-state index contributed by atoms with van der Waals surface area (Å²) in [4.78, 5) is 24.9. The van der Waals surface area contributed by atoms with E-state index in [-0.39, 0.29) is 23.9 Å². The number of carbonyl (C=O) groups is 2. The SMILES string of the molecule is Cn1nc(C(=O)Nc2cnn(Cc3ccccc3)c2)cc1NC(=O)Cc1ccccc1. The molecule has 2 heterocycles. The maximum absolute atomic E-state index is 12.6. The van der Waals surface area contributed by atoms with Gasteiger partial charge in [0, 0.05) is 19.3 Å². The second-order valence-corrected chi connectivity index (χ2v) is 7.12. The van der Waals surface area contributed by atoms with Gasteiger partial charge in [-0.25, -0.2) is 0 Å². The standard InChI is InChI=1S/C23H22N6O2/c1-28-21(26-22(30)12-17-8-4-2-5-9-17)13-20(27-28)23(31)25-19-14-24-29(16-19)15-18-10-6-3-7-11-18/h2-11,13-14,16H,12,15H2,1H3,(H,25,31)(H,26,30). The van der Waals surface area contributed by atoms with E-state index in [2.05, 4.69) is 20.8 Å². The molecule has 156 valence electrons. The van der Waals surface area contributed by atoms with E-state index in [1.54, 1.807) is 30.2 Å². The largest absolute Gasteiger partial charge is 0.318 e. The summed E-state index contributed by atoms with van der Waals surface area (Å²) < 4.78 is 3.22. The third kappa shape index (κ3) is 5.24. The van der Waals surface area contributed by atoms with Crippen LogP contribution in [-0.4, -0.2) is 31.4 Å². The van der Waals surface area contributed by atoms with Crippen LogP contribution >= 0.6 is 0 Å². The van der Waals surface area contributed by atoms with E-state index < -0.39 is 0 Å². The third-order valence-electron chi connectivity index (χ3n) is 4.67. The molecule has 4 rings (SSSR count). The lowest BCUT2D eigenvalue weighted by Crippen LogP contribution is -2.16. The number of carbonyl (C=O) groups excluding carboxylic acids is 2. The Balaban J connectivity index is 1.37. The van der Waals surface area contributed by atoms with Gasteiger partial charge in [0.2, 0.25) is 5.91 Å². The second-order valence-electron chi connectivity index (χ2n) is 7.12. The van der Waals surface area contributed by atoms with E-state index in [0.29, 0.717) is 18.1 Å². The molecular formula is C23H22N6O2. The van der Waals surface area contributed by atoms with Crippen molar-refractivity contribution in [3.8, 4) is 0 Å². The summed E-state index contributed by atoms with van der Waals surface area (Å²) in [5.74, 6) is -0.104. The van der Waals surface area contributed by atoms with Gasteiger partial charge in [-0.2, -0.15) is 10.2 Å². The smallest absolute Gasteiger partial charge is 0.276 e. The van der Waals surface area contributed by atoms with Gasteiger partial charge >= 0.3 is 0 Å². The topological polar surface area (TPSA) is 93.8 Å². The van der Waals surface area contributed by atoms with Crippen molar-refractivity contribution in [2.45, 2.75) is 13.0 Å². The zero-order valence-corrected chi connectivity index (χ0v) is 17.0. The molecule has 0 saturated carbocycles. The monoisotopic (exact) mass is 414 g/mol. The molecule has 0 radical (unpaired) electrons. The van der Waals surface area contributed by atoms with Crippen LogP contribution in [0.5, 0.6) is 0 Å². The minimum atomic E-state index is -0.376. The summed E-state index contributed by atoms with van der Waals surface area (Å²) in [5, 5.41) is 14.1. The van der Waals surface area contributed by atoms with Crippen molar-refractivity contribution in [3.05, 3.63) is 95.9 Å². The molecule has 0 fully saturated rings. The van der Waals surface area contributed by atoms with Gasteiger partial charge in [-0.15, -0.1) is 0 Å². The molecule has 0 unspecified atom stereocenters. The average molecular weight is 414 g/mol. The van der Waals surface area contributed by atoms with Crippen molar-refractivity contribution in [2.24, 2.45) is 7.05 Å². The van der Waals surface area contributed by atoms with Crippen LogP contribution in [0, 0.1) is 0 Å². The van der Waals surface area contributed by atoms with Crippen LogP contribution < -0.4 is 10.6 Å². The van der Waals surface area contributed by atoms with Crippen LogP contribution in [0.3, 0.4) is 0 Å². The highest BCUT2D eigenvalue weighted by molar-refractivity contribution is 6.03. The van der Waals surface area contributed by atoms with Crippen molar-refractivity contribution in [2.75, 3.05) is 10.6 Å². The fourth-order valence-electron chi connectivity index (χ4n) is 3.14. The van der Waals surface area contributed by atoms with Gasteiger partial charge in [-0.3, -0.25) is 19.0 Å². The van der Waals surface area contributed by atoms with Gasteiger partial charge in [-0.1, -0.05) is 60.7 Å². The normalized spacial score (nSPS) is 10.6. The molecule has 2 amide bonds. The number of rotatable bonds is 7. The molecule has 0 atom stereocenters. The first-order valence-corrected chi connectivity index (χ1v) is 9.82. The Labute approximate surface area is 179 Å². The molecule has 2 aromatic heterocycles. The van der Waals surface area contributed by atoms with E-state index in [4.69, 9.17) is 0 Å². The summed E-state index contributed by atoms with van der Waals surface area (Å²) in [7, 11) is 1.67. The fraction of sp³-hybridized carbons (Fsp3) is 0.130. The number of anilines is 2. The second kappa shape index (κ2) is 9.08. The van der Waals surface area contributed by atoms with Crippen LogP contribution in [0.25, 0.3) is 0 Å². The molecule has 0 bridgehead atoms. The first-order chi connectivity index (χ1) is 15.1. The summed E-state index contributed by atoms with van der Waals surface area (Å²) in [6.45, 7) is 0.609. The van der Waals surface area contributed by atoms with E-state index in [0.717, 1.165) is 11.1 Å². The highest BCUT2D eigenvalue weighted by Crippen LogP contribution is 2.14. The zero-order chi connectivity index (χ0) is 21.6. The number of nitrogens with one attached hydrogen (secondary N) is 2. The zero-order valence-electron chi connectivity index (χ0n) is 17.0. The number of aryl methyl sites for hydroxylation is 1. The Morgan fingerprint density at radius 3 is 2.32 bits per heavy atom. The van der Waals surface area contributed by atoms with Crippen molar-refractivity contribution in [3.63, 3.8) is 0 Å². The van der Waals surface area contributed by atoms with Crippen LogP contribution in [0.15, 0.2) is 79.1 Å². The Morgan fingerprint density at radius 2 is 1.61 bits per heavy atom. The molecule has 4 aromatic rings. The van der Waals surface area contributed by atoms with Gasteiger partial charge in [-0.05, 0) is 11.1 Å². The van der Waals surface area contributed by atoms with Crippen molar-refractivity contribution in [1.82, 2.24) is 19.6 Å². The van der Waals surface area contributed by atoms with E-state index >= 15 is 0 Å². The Morgan fingerprint density at radius 1 is 0.935 bits per heavy atom. The number of hydrogen-bond donors (Lipinski definition) is 2. The fourth-order valence-corrected chi connectivity index (χ4v) is 3.14. The van der Waals surface area contributed by atoms with Gasteiger partial charge in [0.1, 0.15) is 5.82 Å². The molecule has 2 N–H and O–H groups in total. The lowest BCUT2D eigenvalue weighted by molar-refractivity contribution is -0.115. The van der Waals surface area contributed by atoms with E-state index in [9.17, 15) is 9.59 Å². The molecule has 0 saturated heterocycles. The van der Waals surface area contributed by atoms with Crippen LogP contribution in [0.2, 0.25) is 0 Å². The first kappa shape index (κ1) is 20.1.